The second kappa shape index (κ2) is 5.73. The van der Waals surface area contributed by atoms with E-state index < -0.39 is 17.7 Å². The summed E-state index contributed by atoms with van der Waals surface area (Å²) < 4.78 is 53.0. The molecule has 3 aromatic rings. The number of rotatable bonds is 2. The molecule has 0 fully saturated rings. The molecule has 0 aliphatic heterocycles. The van der Waals surface area contributed by atoms with Crippen LogP contribution in [0.3, 0.4) is 0 Å². The van der Waals surface area contributed by atoms with Crippen molar-refractivity contribution in [1.82, 2.24) is 15.2 Å². The van der Waals surface area contributed by atoms with Gasteiger partial charge in [-0.1, -0.05) is 25.4 Å². The van der Waals surface area contributed by atoms with Gasteiger partial charge in [0.1, 0.15) is 11.0 Å². The SMILES string of the molecule is CC(C)c1cc(-c2c(C(F)(F)F)n[nH]c2Cl)nc2cc(F)ccc12. The summed E-state index contributed by atoms with van der Waals surface area (Å²) >= 11 is 5.87. The minimum Gasteiger partial charge on any atom is -0.266 e. The van der Waals surface area contributed by atoms with Crippen LogP contribution in [-0.2, 0) is 6.18 Å². The van der Waals surface area contributed by atoms with Gasteiger partial charge < -0.3 is 0 Å². The lowest BCUT2D eigenvalue weighted by Gasteiger charge is -2.13. The predicted octanol–water partition coefficient (Wildman–Crippen LogP) is 5.56. The Bertz CT molecular complexity index is 916. The van der Waals surface area contributed by atoms with Crippen LogP contribution >= 0.6 is 11.6 Å². The molecular weight excluding hydrogens is 346 g/mol. The van der Waals surface area contributed by atoms with Crippen molar-refractivity contribution in [2.45, 2.75) is 25.9 Å². The van der Waals surface area contributed by atoms with E-state index in [0.29, 0.717) is 5.39 Å². The van der Waals surface area contributed by atoms with Crippen molar-refractivity contribution in [2.24, 2.45) is 0 Å². The fraction of sp³-hybridized carbons (Fsp3) is 0.250. The van der Waals surface area contributed by atoms with E-state index in [1.54, 1.807) is 6.07 Å². The molecule has 0 atom stereocenters. The molecule has 8 heteroatoms. The lowest BCUT2D eigenvalue weighted by Crippen LogP contribution is -2.08. The Balaban J connectivity index is 2.34. The highest BCUT2D eigenvalue weighted by Gasteiger charge is 2.39. The van der Waals surface area contributed by atoms with Crippen molar-refractivity contribution >= 4 is 22.5 Å². The summed E-state index contributed by atoms with van der Waals surface area (Å²) in [5.41, 5.74) is -0.465. The highest BCUT2D eigenvalue weighted by Crippen LogP contribution is 2.40. The number of aromatic nitrogens is 3. The van der Waals surface area contributed by atoms with E-state index in [9.17, 15) is 17.6 Å². The first-order valence-corrected chi connectivity index (χ1v) is 7.48. The van der Waals surface area contributed by atoms with Crippen molar-refractivity contribution in [3.05, 3.63) is 46.5 Å². The monoisotopic (exact) mass is 357 g/mol. The van der Waals surface area contributed by atoms with Crippen molar-refractivity contribution in [3.8, 4) is 11.3 Å². The average molecular weight is 358 g/mol. The van der Waals surface area contributed by atoms with Crippen LogP contribution in [-0.4, -0.2) is 15.2 Å². The number of nitrogens with one attached hydrogen (secondary N) is 1. The summed E-state index contributed by atoms with van der Waals surface area (Å²) in [7, 11) is 0. The maximum atomic E-state index is 13.5. The average Bonchev–Trinajstić information content (AvgIpc) is 2.87. The minimum atomic E-state index is -4.68. The number of H-pyrrole nitrogens is 1. The standard InChI is InChI=1S/C16H12ClF4N3/c1-7(2)10-6-12(22-11-5-8(18)3-4-9(10)11)13-14(16(19,20)21)23-24-15(13)17/h3-7H,1-2H3,(H,23,24). The number of hydrogen-bond acceptors (Lipinski definition) is 2. The number of aromatic amines is 1. The van der Waals surface area contributed by atoms with Crippen LogP contribution < -0.4 is 0 Å². The molecule has 2 heterocycles. The van der Waals surface area contributed by atoms with Gasteiger partial charge in [0.2, 0.25) is 0 Å². The van der Waals surface area contributed by atoms with E-state index in [1.807, 2.05) is 13.8 Å². The van der Waals surface area contributed by atoms with Gasteiger partial charge in [-0.2, -0.15) is 18.3 Å². The van der Waals surface area contributed by atoms with Crippen molar-refractivity contribution < 1.29 is 17.6 Å². The molecule has 0 radical (unpaired) electrons. The summed E-state index contributed by atoms with van der Waals surface area (Å²) in [6.07, 6.45) is -4.68. The van der Waals surface area contributed by atoms with Gasteiger partial charge in [0, 0.05) is 11.5 Å². The first-order chi connectivity index (χ1) is 11.2. The quantitative estimate of drug-likeness (QED) is 0.610. The van der Waals surface area contributed by atoms with E-state index in [4.69, 9.17) is 11.6 Å². The molecule has 126 valence electrons. The van der Waals surface area contributed by atoms with E-state index >= 15 is 0 Å². The molecule has 0 amide bonds. The first-order valence-electron chi connectivity index (χ1n) is 7.10. The molecule has 0 saturated carbocycles. The zero-order valence-electron chi connectivity index (χ0n) is 12.7. The molecule has 0 aliphatic carbocycles. The summed E-state index contributed by atoms with van der Waals surface area (Å²) in [6, 6.07) is 5.59. The van der Waals surface area contributed by atoms with Gasteiger partial charge in [0.25, 0.3) is 0 Å². The number of pyridine rings is 1. The summed E-state index contributed by atoms with van der Waals surface area (Å²) in [4.78, 5) is 4.17. The molecule has 0 unspecified atom stereocenters. The van der Waals surface area contributed by atoms with E-state index in [0.717, 1.165) is 5.56 Å². The number of nitrogens with zero attached hydrogens (tertiary/aromatic N) is 2. The molecule has 0 bridgehead atoms. The number of alkyl halides is 3. The lowest BCUT2D eigenvalue weighted by atomic mass is 9.96. The van der Waals surface area contributed by atoms with E-state index in [1.165, 1.54) is 18.2 Å². The second-order valence-corrected chi connectivity index (χ2v) is 6.05. The summed E-state index contributed by atoms with van der Waals surface area (Å²) in [5.74, 6) is -0.518. The van der Waals surface area contributed by atoms with E-state index in [-0.39, 0.29) is 27.8 Å². The molecule has 0 spiro atoms. The van der Waals surface area contributed by atoms with Gasteiger partial charge in [-0.05, 0) is 29.7 Å². The van der Waals surface area contributed by atoms with Gasteiger partial charge in [-0.15, -0.1) is 0 Å². The van der Waals surface area contributed by atoms with Crippen LogP contribution in [0.15, 0.2) is 24.3 Å². The molecule has 3 nitrogen and oxygen atoms in total. The molecule has 24 heavy (non-hydrogen) atoms. The van der Waals surface area contributed by atoms with Crippen molar-refractivity contribution in [2.75, 3.05) is 0 Å². The van der Waals surface area contributed by atoms with Crippen LogP contribution in [0.2, 0.25) is 5.15 Å². The molecule has 0 saturated heterocycles. The normalized spacial score (nSPS) is 12.3. The molecule has 3 rings (SSSR count). The summed E-state index contributed by atoms with van der Waals surface area (Å²) in [6.45, 7) is 3.78. The van der Waals surface area contributed by atoms with Gasteiger partial charge in [-0.3, -0.25) is 5.10 Å². The molecule has 2 aromatic heterocycles. The third-order valence-electron chi connectivity index (χ3n) is 3.67. The third kappa shape index (κ3) is 2.84. The smallest absolute Gasteiger partial charge is 0.266 e. The Morgan fingerprint density at radius 3 is 2.50 bits per heavy atom. The maximum absolute atomic E-state index is 13.5. The number of hydrogen-bond donors (Lipinski definition) is 1. The van der Waals surface area contributed by atoms with Gasteiger partial charge >= 0.3 is 6.18 Å². The first kappa shape index (κ1) is 16.7. The fourth-order valence-corrected chi connectivity index (χ4v) is 2.82. The number of benzene rings is 1. The van der Waals surface area contributed by atoms with Gasteiger partial charge in [-0.25, -0.2) is 9.37 Å². The minimum absolute atomic E-state index is 0.000255. The molecule has 0 aliphatic rings. The molecule has 1 aromatic carbocycles. The van der Waals surface area contributed by atoms with Crippen LogP contribution in [0.25, 0.3) is 22.2 Å². The highest BCUT2D eigenvalue weighted by atomic mass is 35.5. The van der Waals surface area contributed by atoms with E-state index in [2.05, 4.69) is 15.2 Å². The Labute approximate surface area is 139 Å². The van der Waals surface area contributed by atoms with Gasteiger partial charge in [0.05, 0.1) is 16.8 Å². The zero-order chi connectivity index (χ0) is 17.6. The highest BCUT2D eigenvalue weighted by molar-refractivity contribution is 6.32. The predicted molar refractivity (Wildman–Crippen MR) is 83.4 cm³/mol. The van der Waals surface area contributed by atoms with Crippen LogP contribution in [0.5, 0.6) is 0 Å². The molecule has 1 N–H and O–H groups in total. The lowest BCUT2D eigenvalue weighted by molar-refractivity contribution is -0.140. The van der Waals surface area contributed by atoms with Crippen LogP contribution in [0.4, 0.5) is 17.6 Å². The van der Waals surface area contributed by atoms with Crippen LogP contribution in [0.1, 0.15) is 31.0 Å². The Morgan fingerprint density at radius 2 is 1.88 bits per heavy atom. The number of fused-ring (bicyclic) bond motifs is 1. The van der Waals surface area contributed by atoms with Crippen molar-refractivity contribution in [3.63, 3.8) is 0 Å². The third-order valence-corrected chi connectivity index (χ3v) is 3.95. The Morgan fingerprint density at radius 1 is 1.17 bits per heavy atom. The Kier molecular flexibility index (Phi) is 3.99. The van der Waals surface area contributed by atoms with Crippen LogP contribution in [0, 0.1) is 5.82 Å². The summed E-state index contributed by atoms with van der Waals surface area (Å²) in [5, 5.41) is 5.79. The second-order valence-electron chi connectivity index (χ2n) is 5.67. The zero-order valence-corrected chi connectivity index (χ0v) is 13.4. The van der Waals surface area contributed by atoms with Gasteiger partial charge in [0.15, 0.2) is 5.69 Å². The largest absolute Gasteiger partial charge is 0.435 e. The molecular formula is C16H12ClF4N3. The van der Waals surface area contributed by atoms with Crippen molar-refractivity contribution in [1.29, 1.82) is 0 Å². The fourth-order valence-electron chi connectivity index (χ4n) is 2.59. The topological polar surface area (TPSA) is 41.6 Å². The Hall–Kier alpha value is -2.15. The number of halogens is 5. The maximum Gasteiger partial charge on any atom is 0.435 e.